The van der Waals surface area contributed by atoms with Gasteiger partial charge in [-0.2, -0.15) is 0 Å². The summed E-state index contributed by atoms with van der Waals surface area (Å²) < 4.78 is 4.56. The minimum atomic E-state index is -0.637. The molecule has 0 aromatic heterocycles. The lowest BCUT2D eigenvalue weighted by Crippen LogP contribution is -2.10. The van der Waals surface area contributed by atoms with Gasteiger partial charge >= 0.3 is 5.97 Å². The quantitative estimate of drug-likeness (QED) is 0.166. The summed E-state index contributed by atoms with van der Waals surface area (Å²) in [6.45, 7) is 6.77. The first-order valence-corrected chi connectivity index (χ1v) is 3.41. The topological polar surface area (TPSA) is 73.9 Å². The third-order valence-corrected chi connectivity index (χ3v) is 0.803. The molecule has 0 saturated heterocycles. The molecule has 5 heteroatoms. The van der Waals surface area contributed by atoms with Crippen LogP contribution in [0.2, 0.25) is 0 Å². The van der Waals surface area contributed by atoms with E-state index in [1.54, 1.807) is 6.92 Å². The van der Waals surface area contributed by atoms with E-state index in [1.165, 1.54) is 6.92 Å². The van der Waals surface area contributed by atoms with Crippen LogP contribution in [0.4, 0.5) is 0 Å². The van der Waals surface area contributed by atoms with Crippen molar-refractivity contribution < 1.29 is 14.4 Å². The zero-order valence-electron chi connectivity index (χ0n) is 7.16. The second-order valence-electron chi connectivity index (χ2n) is 1.97. The number of carbonyl (C=O) groups excluding carboxylic acids is 1. The molecule has 0 spiro atoms. The van der Waals surface area contributed by atoms with E-state index < -0.39 is 5.97 Å². The van der Waals surface area contributed by atoms with Gasteiger partial charge in [-0.25, -0.2) is 4.79 Å². The lowest BCUT2D eigenvalue weighted by molar-refractivity contribution is -0.142. The molecule has 0 saturated carbocycles. The fourth-order valence-electron chi connectivity index (χ4n) is 0.376. The average Bonchev–Trinajstić information content (AvgIpc) is 2.00. The van der Waals surface area contributed by atoms with E-state index >= 15 is 0 Å². The molecular weight excluding hydrogens is 160 g/mol. The Kier molecular flexibility index (Phi) is 4.52. The summed E-state index contributed by atoms with van der Waals surface area (Å²) in [5.41, 5.74) is 5.15. The number of nitrogens with zero attached hydrogens (tertiary/aromatic N) is 1. The largest absolute Gasteiger partial charge is 0.460 e. The highest BCUT2D eigenvalue weighted by Crippen LogP contribution is 1.97. The highest BCUT2D eigenvalue weighted by molar-refractivity contribution is 5.85. The van der Waals surface area contributed by atoms with Crippen molar-refractivity contribution in [3.63, 3.8) is 0 Å². The van der Waals surface area contributed by atoms with E-state index in [2.05, 4.69) is 21.3 Å². The van der Waals surface area contributed by atoms with Crippen molar-refractivity contribution in [3.8, 4) is 0 Å². The number of hydrogen-bond acceptors (Lipinski definition) is 4. The third kappa shape index (κ3) is 4.32. The maximum absolute atomic E-state index is 10.8. The number of nitrogens with two attached hydrogens (primary N) is 1. The van der Waals surface area contributed by atoms with Crippen molar-refractivity contribution in [1.29, 1.82) is 0 Å². The number of ether oxygens (including phenoxy) is 1. The van der Waals surface area contributed by atoms with Gasteiger partial charge in [0.25, 0.3) is 0 Å². The molecule has 0 amide bonds. The minimum Gasteiger partial charge on any atom is -0.460 e. The van der Waals surface area contributed by atoms with E-state index in [1.807, 2.05) is 0 Å². The van der Waals surface area contributed by atoms with Gasteiger partial charge in [0.15, 0.2) is 0 Å². The van der Waals surface area contributed by atoms with E-state index in [9.17, 15) is 4.79 Å². The number of carbonyl (C=O) groups is 1. The molecule has 12 heavy (non-hydrogen) atoms. The van der Waals surface area contributed by atoms with Crippen LogP contribution >= 0.6 is 0 Å². The van der Waals surface area contributed by atoms with E-state index in [0.29, 0.717) is 0 Å². The lowest BCUT2D eigenvalue weighted by Gasteiger charge is -2.01. The molecule has 0 aliphatic rings. The molecule has 5 nitrogen and oxygen atoms in total. The van der Waals surface area contributed by atoms with Crippen LogP contribution in [0.3, 0.4) is 0 Å². The molecule has 0 heterocycles. The first-order chi connectivity index (χ1) is 5.57. The Labute approximate surface area is 70.8 Å². The predicted octanol–water partition coefficient (Wildman–Crippen LogP) is 0.372. The Balaban J connectivity index is 3.88. The fourth-order valence-corrected chi connectivity index (χ4v) is 0.376. The second kappa shape index (κ2) is 5.17. The summed E-state index contributed by atoms with van der Waals surface area (Å²) in [4.78, 5) is 15.3. The minimum absolute atomic E-state index is 0.179. The van der Waals surface area contributed by atoms with Crippen LogP contribution in [0.1, 0.15) is 13.8 Å². The van der Waals surface area contributed by atoms with Gasteiger partial charge in [0.05, 0.1) is 6.61 Å². The number of rotatable bonds is 4. The normalized spacial score (nSPS) is 10.7. The molecule has 0 aromatic rings. The average molecular weight is 172 g/mol. The Morgan fingerprint density at radius 3 is 2.67 bits per heavy atom. The highest BCUT2D eigenvalue weighted by atomic mass is 16.7. The standard InChI is InChI=1S/C7H12N2O3/c1-4-11-7(10)5(2)12-9-6(3)8/h2,4H2,1,3H3,(H2,8,9). The van der Waals surface area contributed by atoms with Crippen LogP contribution < -0.4 is 5.73 Å². The van der Waals surface area contributed by atoms with Crippen LogP contribution in [0.5, 0.6) is 0 Å². The highest BCUT2D eigenvalue weighted by Gasteiger charge is 2.08. The van der Waals surface area contributed by atoms with Gasteiger partial charge in [0.2, 0.25) is 5.76 Å². The predicted molar refractivity (Wildman–Crippen MR) is 44.2 cm³/mol. The van der Waals surface area contributed by atoms with Crippen LogP contribution in [0.15, 0.2) is 17.5 Å². The SMILES string of the molecule is C=C(O/N=C(/C)N)C(=O)OCC. The van der Waals surface area contributed by atoms with Gasteiger partial charge in [-0.15, -0.1) is 0 Å². The lowest BCUT2D eigenvalue weighted by atomic mass is 10.6. The Morgan fingerprint density at radius 2 is 2.25 bits per heavy atom. The van der Waals surface area contributed by atoms with Crippen molar-refractivity contribution >= 4 is 11.8 Å². The smallest absolute Gasteiger partial charge is 0.376 e. The monoisotopic (exact) mass is 172 g/mol. The molecule has 0 bridgehead atoms. The molecule has 68 valence electrons. The molecule has 0 aliphatic carbocycles. The molecule has 0 aliphatic heterocycles. The van der Waals surface area contributed by atoms with E-state index in [0.717, 1.165) is 0 Å². The Morgan fingerprint density at radius 1 is 1.67 bits per heavy atom. The summed E-state index contributed by atoms with van der Waals surface area (Å²) in [6, 6.07) is 0. The van der Waals surface area contributed by atoms with Crippen molar-refractivity contribution in [2.45, 2.75) is 13.8 Å². The van der Waals surface area contributed by atoms with E-state index in [-0.39, 0.29) is 18.2 Å². The zero-order valence-corrected chi connectivity index (χ0v) is 7.16. The van der Waals surface area contributed by atoms with Crippen LogP contribution in [0, 0.1) is 0 Å². The molecular formula is C7H12N2O3. The van der Waals surface area contributed by atoms with Crippen LogP contribution in [0.25, 0.3) is 0 Å². The molecule has 0 radical (unpaired) electrons. The number of oxime groups is 1. The zero-order chi connectivity index (χ0) is 9.56. The summed E-state index contributed by atoms with van der Waals surface area (Å²) in [6.07, 6.45) is 0. The van der Waals surface area contributed by atoms with E-state index in [4.69, 9.17) is 5.73 Å². The number of esters is 1. The van der Waals surface area contributed by atoms with Gasteiger partial charge in [-0.05, 0) is 20.4 Å². The first kappa shape index (κ1) is 10.5. The maximum atomic E-state index is 10.8. The molecule has 0 rings (SSSR count). The Hall–Kier alpha value is -1.52. The molecule has 0 atom stereocenters. The van der Waals surface area contributed by atoms with Crippen LogP contribution in [-0.2, 0) is 14.4 Å². The molecule has 0 fully saturated rings. The van der Waals surface area contributed by atoms with Crippen molar-refractivity contribution in [1.82, 2.24) is 0 Å². The second-order valence-corrected chi connectivity index (χ2v) is 1.97. The molecule has 0 unspecified atom stereocenters. The Bertz CT molecular complexity index is 207. The maximum Gasteiger partial charge on any atom is 0.376 e. The molecule has 2 N–H and O–H groups in total. The molecule has 0 aromatic carbocycles. The summed E-state index contributed by atoms with van der Waals surface area (Å²) in [5.74, 6) is -0.607. The number of hydrogen-bond donors (Lipinski definition) is 1. The van der Waals surface area contributed by atoms with Crippen molar-refractivity contribution in [3.05, 3.63) is 12.3 Å². The van der Waals surface area contributed by atoms with Crippen molar-refractivity contribution in [2.75, 3.05) is 6.61 Å². The van der Waals surface area contributed by atoms with Gasteiger partial charge in [-0.3, -0.25) is 0 Å². The summed E-state index contributed by atoms with van der Waals surface area (Å²) >= 11 is 0. The van der Waals surface area contributed by atoms with Gasteiger partial charge in [0.1, 0.15) is 5.84 Å². The third-order valence-electron chi connectivity index (χ3n) is 0.803. The fraction of sp³-hybridized carbons (Fsp3) is 0.429. The van der Waals surface area contributed by atoms with Crippen LogP contribution in [-0.4, -0.2) is 18.4 Å². The summed E-state index contributed by atoms with van der Waals surface area (Å²) in [7, 11) is 0. The van der Waals surface area contributed by atoms with Gasteiger partial charge in [0, 0.05) is 0 Å². The summed E-state index contributed by atoms with van der Waals surface area (Å²) in [5, 5.41) is 3.32. The van der Waals surface area contributed by atoms with Gasteiger partial charge < -0.3 is 15.3 Å². The first-order valence-electron chi connectivity index (χ1n) is 3.41. The number of amidine groups is 1. The van der Waals surface area contributed by atoms with Crippen molar-refractivity contribution in [2.24, 2.45) is 10.9 Å². The van der Waals surface area contributed by atoms with Gasteiger partial charge in [-0.1, -0.05) is 5.16 Å².